The first-order valence-electron chi connectivity index (χ1n) is 4.37. The second-order valence-electron chi connectivity index (χ2n) is 3.24. The molecule has 1 aromatic rings. The summed E-state index contributed by atoms with van der Waals surface area (Å²) in [5, 5.41) is 2.72. The predicted molar refractivity (Wildman–Crippen MR) is 58.9 cm³/mol. The van der Waals surface area contributed by atoms with Crippen LogP contribution in [0.2, 0.25) is 0 Å². The first-order valence-corrected chi connectivity index (χ1v) is 5.17. The third-order valence-electron chi connectivity index (χ3n) is 1.88. The Balaban J connectivity index is 2.84. The number of aromatic nitrogens is 1. The van der Waals surface area contributed by atoms with E-state index < -0.39 is 0 Å². The molecule has 1 N–H and O–H groups in total. The van der Waals surface area contributed by atoms with Gasteiger partial charge in [0.15, 0.2) is 0 Å². The van der Waals surface area contributed by atoms with Crippen LogP contribution in [0.5, 0.6) is 0 Å². The highest BCUT2D eigenvalue weighted by molar-refractivity contribution is 9.10. The molecule has 1 aromatic heterocycles. The van der Waals surface area contributed by atoms with Crippen molar-refractivity contribution in [3.05, 3.63) is 27.5 Å². The van der Waals surface area contributed by atoms with Crippen molar-refractivity contribution < 1.29 is 4.79 Å². The Morgan fingerprint density at radius 2 is 2.21 bits per heavy atom. The van der Waals surface area contributed by atoms with Crippen LogP contribution in [0, 0.1) is 13.8 Å². The SMILES string of the molecule is CC(=O)NCc1cc(C)c(Br)c(C)n1. The van der Waals surface area contributed by atoms with Crippen LogP contribution in [0.3, 0.4) is 0 Å². The highest BCUT2D eigenvalue weighted by Gasteiger charge is 2.03. The molecule has 1 rings (SSSR count). The van der Waals surface area contributed by atoms with Gasteiger partial charge in [0.05, 0.1) is 17.9 Å². The monoisotopic (exact) mass is 256 g/mol. The van der Waals surface area contributed by atoms with E-state index in [0.29, 0.717) is 6.54 Å². The van der Waals surface area contributed by atoms with E-state index in [2.05, 4.69) is 26.2 Å². The molecule has 0 saturated carbocycles. The summed E-state index contributed by atoms with van der Waals surface area (Å²) in [4.78, 5) is 15.0. The van der Waals surface area contributed by atoms with Crippen molar-refractivity contribution in [2.75, 3.05) is 0 Å². The number of nitrogens with one attached hydrogen (secondary N) is 1. The number of halogens is 1. The lowest BCUT2D eigenvalue weighted by atomic mass is 10.2. The van der Waals surface area contributed by atoms with Crippen molar-refractivity contribution in [2.24, 2.45) is 0 Å². The van der Waals surface area contributed by atoms with E-state index >= 15 is 0 Å². The van der Waals surface area contributed by atoms with Crippen LogP contribution in [0.15, 0.2) is 10.5 Å². The van der Waals surface area contributed by atoms with Crippen LogP contribution < -0.4 is 5.32 Å². The van der Waals surface area contributed by atoms with Gasteiger partial charge >= 0.3 is 0 Å². The van der Waals surface area contributed by atoms with E-state index in [1.807, 2.05) is 19.9 Å². The number of aryl methyl sites for hydroxylation is 2. The summed E-state index contributed by atoms with van der Waals surface area (Å²) in [5.74, 6) is -0.0370. The van der Waals surface area contributed by atoms with Gasteiger partial charge in [0.2, 0.25) is 5.91 Å². The van der Waals surface area contributed by atoms with Gasteiger partial charge in [0.1, 0.15) is 0 Å². The molecule has 0 aliphatic carbocycles. The number of hydrogen-bond acceptors (Lipinski definition) is 2. The molecule has 0 aliphatic heterocycles. The van der Waals surface area contributed by atoms with Gasteiger partial charge in [0.25, 0.3) is 0 Å². The number of pyridine rings is 1. The van der Waals surface area contributed by atoms with Crippen molar-refractivity contribution in [3.8, 4) is 0 Å². The summed E-state index contributed by atoms with van der Waals surface area (Å²) in [6.07, 6.45) is 0. The maximum Gasteiger partial charge on any atom is 0.217 e. The summed E-state index contributed by atoms with van der Waals surface area (Å²) < 4.78 is 1.03. The third-order valence-corrected chi connectivity index (χ3v) is 3.08. The van der Waals surface area contributed by atoms with Crippen molar-refractivity contribution >= 4 is 21.8 Å². The molecule has 0 unspecified atom stereocenters. The fraction of sp³-hybridized carbons (Fsp3) is 0.400. The number of nitrogens with zero attached hydrogens (tertiary/aromatic N) is 1. The zero-order valence-corrected chi connectivity index (χ0v) is 10.1. The van der Waals surface area contributed by atoms with E-state index in [9.17, 15) is 4.79 Å². The van der Waals surface area contributed by atoms with E-state index in [4.69, 9.17) is 0 Å². The Hall–Kier alpha value is -0.900. The molecule has 0 atom stereocenters. The number of rotatable bonds is 2. The van der Waals surface area contributed by atoms with Crippen LogP contribution in [-0.4, -0.2) is 10.9 Å². The van der Waals surface area contributed by atoms with Gasteiger partial charge in [-0.2, -0.15) is 0 Å². The zero-order valence-electron chi connectivity index (χ0n) is 8.52. The third kappa shape index (κ3) is 2.80. The average molecular weight is 257 g/mol. The van der Waals surface area contributed by atoms with Crippen LogP contribution in [0.25, 0.3) is 0 Å². The Morgan fingerprint density at radius 3 is 2.71 bits per heavy atom. The largest absolute Gasteiger partial charge is 0.351 e. The van der Waals surface area contributed by atoms with E-state index in [-0.39, 0.29) is 5.91 Å². The molecule has 3 nitrogen and oxygen atoms in total. The van der Waals surface area contributed by atoms with E-state index in [1.54, 1.807) is 0 Å². The molecule has 0 radical (unpaired) electrons. The van der Waals surface area contributed by atoms with Gasteiger partial charge < -0.3 is 5.32 Å². The minimum atomic E-state index is -0.0370. The van der Waals surface area contributed by atoms with Crippen molar-refractivity contribution in [2.45, 2.75) is 27.3 Å². The van der Waals surface area contributed by atoms with Crippen LogP contribution in [0.1, 0.15) is 23.9 Å². The van der Waals surface area contributed by atoms with Crippen LogP contribution in [0.4, 0.5) is 0 Å². The quantitative estimate of drug-likeness (QED) is 0.881. The molecule has 1 heterocycles. The molecular weight excluding hydrogens is 244 g/mol. The molecule has 14 heavy (non-hydrogen) atoms. The van der Waals surface area contributed by atoms with Gasteiger partial charge in [-0.05, 0) is 41.4 Å². The summed E-state index contributed by atoms with van der Waals surface area (Å²) in [7, 11) is 0. The van der Waals surface area contributed by atoms with Gasteiger partial charge in [-0.25, -0.2) is 0 Å². The fourth-order valence-corrected chi connectivity index (χ4v) is 1.40. The lowest BCUT2D eigenvalue weighted by Crippen LogP contribution is -2.19. The van der Waals surface area contributed by atoms with Crippen LogP contribution >= 0.6 is 15.9 Å². The molecule has 0 saturated heterocycles. The number of hydrogen-bond donors (Lipinski definition) is 1. The first kappa shape index (κ1) is 11.2. The second-order valence-corrected chi connectivity index (χ2v) is 4.03. The molecular formula is C10H13BrN2O. The van der Waals surface area contributed by atoms with Gasteiger partial charge in [0, 0.05) is 11.4 Å². The maximum atomic E-state index is 10.7. The Morgan fingerprint density at radius 1 is 1.57 bits per heavy atom. The topological polar surface area (TPSA) is 42.0 Å². The fourth-order valence-electron chi connectivity index (χ4n) is 1.20. The number of amides is 1. The van der Waals surface area contributed by atoms with Crippen molar-refractivity contribution in [3.63, 3.8) is 0 Å². The Labute approximate surface area is 92.1 Å². The predicted octanol–water partition coefficient (Wildman–Crippen LogP) is 2.10. The highest BCUT2D eigenvalue weighted by Crippen LogP contribution is 2.19. The summed E-state index contributed by atoms with van der Waals surface area (Å²) in [6.45, 7) is 5.94. The normalized spacial score (nSPS) is 10.0. The standard InChI is InChI=1S/C10H13BrN2O/c1-6-4-9(5-12-8(3)14)13-7(2)10(6)11/h4H,5H2,1-3H3,(H,12,14). The molecule has 0 aliphatic rings. The van der Waals surface area contributed by atoms with E-state index in [0.717, 1.165) is 21.4 Å². The maximum absolute atomic E-state index is 10.7. The number of carbonyl (C=O) groups is 1. The number of carbonyl (C=O) groups excluding carboxylic acids is 1. The highest BCUT2D eigenvalue weighted by atomic mass is 79.9. The summed E-state index contributed by atoms with van der Waals surface area (Å²) >= 11 is 3.44. The van der Waals surface area contributed by atoms with E-state index in [1.165, 1.54) is 6.92 Å². The lowest BCUT2D eigenvalue weighted by molar-refractivity contribution is -0.119. The summed E-state index contributed by atoms with van der Waals surface area (Å²) in [5.41, 5.74) is 2.97. The smallest absolute Gasteiger partial charge is 0.217 e. The van der Waals surface area contributed by atoms with Gasteiger partial charge in [-0.1, -0.05) is 0 Å². The van der Waals surface area contributed by atoms with Crippen molar-refractivity contribution in [1.29, 1.82) is 0 Å². The minimum Gasteiger partial charge on any atom is -0.351 e. The average Bonchev–Trinajstić information content (AvgIpc) is 2.10. The van der Waals surface area contributed by atoms with Gasteiger partial charge in [-0.3, -0.25) is 9.78 Å². The molecule has 4 heteroatoms. The minimum absolute atomic E-state index is 0.0370. The lowest BCUT2D eigenvalue weighted by Gasteiger charge is -2.07. The second kappa shape index (κ2) is 4.55. The molecule has 1 amide bonds. The molecule has 76 valence electrons. The zero-order chi connectivity index (χ0) is 10.7. The molecule has 0 bridgehead atoms. The Kier molecular flexibility index (Phi) is 3.63. The molecule has 0 spiro atoms. The van der Waals surface area contributed by atoms with Crippen LogP contribution in [-0.2, 0) is 11.3 Å². The first-order chi connectivity index (χ1) is 6.50. The molecule has 0 aromatic carbocycles. The van der Waals surface area contributed by atoms with Crippen molar-refractivity contribution in [1.82, 2.24) is 10.3 Å². The summed E-state index contributed by atoms with van der Waals surface area (Å²) in [6, 6.07) is 1.97. The molecule has 0 fully saturated rings. The van der Waals surface area contributed by atoms with Gasteiger partial charge in [-0.15, -0.1) is 0 Å². The Bertz CT molecular complexity index is 340.